The summed E-state index contributed by atoms with van der Waals surface area (Å²) in [6, 6.07) is 7.27. The van der Waals surface area contributed by atoms with Crippen molar-refractivity contribution < 1.29 is 18.0 Å². The van der Waals surface area contributed by atoms with Crippen molar-refractivity contribution in [3.63, 3.8) is 0 Å². The molecule has 0 unspecified atom stereocenters. The molecule has 0 saturated carbocycles. The Morgan fingerprint density at radius 1 is 1.33 bits per heavy atom. The first-order valence-electron chi connectivity index (χ1n) is 6.01. The highest BCUT2D eigenvalue weighted by Gasteiger charge is 2.33. The summed E-state index contributed by atoms with van der Waals surface area (Å²) in [6.45, 7) is 0.298. The van der Waals surface area contributed by atoms with Crippen LogP contribution in [0.3, 0.4) is 0 Å². The second-order valence-corrected chi connectivity index (χ2v) is 4.66. The number of nitrogens with one attached hydrogen (secondary N) is 1. The van der Waals surface area contributed by atoms with Crippen molar-refractivity contribution in [2.75, 3.05) is 6.54 Å². The zero-order valence-electron chi connectivity index (χ0n) is 10.7. The summed E-state index contributed by atoms with van der Waals surface area (Å²) in [5.74, 6) is -0.347. The summed E-state index contributed by atoms with van der Waals surface area (Å²) in [7, 11) is 0. The quantitative estimate of drug-likeness (QED) is 0.942. The van der Waals surface area contributed by atoms with E-state index in [0.29, 0.717) is 10.6 Å². The van der Waals surface area contributed by atoms with Crippen molar-refractivity contribution in [1.82, 2.24) is 15.1 Å². The number of hydrogen-bond acceptors (Lipinski definition) is 2. The minimum Gasteiger partial charge on any atom is -0.350 e. The Bertz CT molecular complexity index is 640. The van der Waals surface area contributed by atoms with Crippen molar-refractivity contribution in [3.8, 4) is 0 Å². The van der Waals surface area contributed by atoms with Crippen molar-refractivity contribution in [1.29, 1.82) is 0 Å². The summed E-state index contributed by atoms with van der Waals surface area (Å²) in [5, 5.41) is 6.40. The van der Waals surface area contributed by atoms with Gasteiger partial charge in [-0.3, -0.25) is 9.48 Å². The monoisotopic (exact) mass is 317 g/mol. The minimum atomic E-state index is -4.46. The van der Waals surface area contributed by atoms with Crippen LogP contribution in [0.1, 0.15) is 16.1 Å². The minimum absolute atomic E-state index is 0.141. The van der Waals surface area contributed by atoms with Crippen LogP contribution in [0.4, 0.5) is 13.2 Å². The molecule has 1 aromatic heterocycles. The predicted molar refractivity (Wildman–Crippen MR) is 71.0 cm³/mol. The molecule has 4 nitrogen and oxygen atoms in total. The maximum Gasteiger partial charge on any atom is 0.435 e. The number of nitrogens with zero attached hydrogens (tertiary/aromatic N) is 2. The molecule has 1 heterocycles. The molecule has 0 aliphatic carbocycles. The fraction of sp³-hybridized carbons (Fsp3) is 0.231. The summed E-state index contributed by atoms with van der Waals surface area (Å²) < 4.78 is 38.2. The van der Waals surface area contributed by atoms with Gasteiger partial charge in [0.05, 0.1) is 6.54 Å². The summed E-state index contributed by atoms with van der Waals surface area (Å²) in [6.07, 6.45) is -3.25. The molecule has 112 valence electrons. The van der Waals surface area contributed by atoms with Gasteiger partial charge in [-0.2, -0.15) is 18.3 Å². The Labute approximate surface area is 123 Å². The number of halogens is 4. The zero-order valence-corrected chi connectivity index (χ0v) is 11.4. The Morgan fingerprint density at radius 2 is 2.10 bits per heavy atom. The lowest BCUT2D eigenvalue weighted by Gasteiger charge is -2.06. The van der Waals surface area contributed by atoms with Crippen molar-refractivity contribution >= 4 is 17.5 Å². The molecular formula is C13H11ClF3N3O. The van der Waals surface area contributed by atoms with Crippen molar-refractivity contribution in [2.45, 2.75) is 12.7 Å². The molecule has 0 aliphatic rings. The molecule has 2 rings (SSSR count). The third-order valence-corrected chi connectivity index (χ3v) is 2.88. The molecule has 0 radical (unpaired) electrons. The van der Waals surface area contributed by atoms with E-state index in [-0.39, 0.29) is 19.0 Å². The van der Waals surface area contributed by atoms with Gasteiger partial charge in [0.25, 0.3) is 5.91 Å². The molecule has 0 saturated heterocycles. The Hall–Kier alpha value is -2.02. The second kappa shape index (κ2) is 6.17. The average molecular weight is 318 g/mol. The Kier molecular flexibility index (Phi) is 4.52. The number of benzene rings is 1. The van der Waals surface area contributed by atoms with E-state index in [1.807, 2.05) is 0 Å². The summed E-state index contributed by atoms with van der Waals surface area (Å²) in [4.78, 5) is 11.8. The molecule has 1 N–H and O–H groups in total. The lowest BCUT2D eigenvalue weighted by Crippen LogP contribution is -2.27. The Morgan fingerprint density at radius 3 is 2.71 bits per heavy atom. The van der Waals surface area contributed by atoms with Crippen LogP contribution in [0.25, 0.3) is 0 Å². The average Bonchev–Trinajstić information content (AvgIpc) is 2.87. The number of alkyl halides is 3. The molecule has 1 amide bonds. The zero-order chi connectivity index (χ0) is 15.5. The van der Waals surface area contributed by atoms with Crippen LogP contribution in [-0.4, -0.2) is 22.2 Å². The molecule has 0 atom stereocenters. The highest BCUT2D eigenvalue weighted by molar-refractivity contribution is 6.30. The maximum absolute atomic E-state index is 12.4. The second-order valence-electron chi connectivity index (χ2n) is 4.23. The third-order valence-electron chi connectivity index (χ3n) is 2.64. The molecule has 2 aromatic rings. The van der Waals surface area contributed by atoms with Crippen LogP contribution >= 0.6 is 11.6 Å². The molecule has 0 bridgehead atoms. The van der Waals surface area contributed by atoms with Crippen molar-refractivity contribution in [2.24, 2.45) is 0 Å². The molecular weight excluding hydrogens is 307 g/mol. The molecule has 1 aromatic carbocycles. The van der Waals surface area contributed by atoms with E-state index in [9.17, 15) is 18.0 Å². The van der Waals surface area contributed by atoms with E-state index in [2.05, 4.69) is 10.4 Å². The lowest BCUT2D eigenvalue weighted by atomic mass is 10.2. The van der Waals surface area contributed by atoms with Gasteiger partial charge in [-0.1, -0.05) is 17.7 Å². The molecule has 0 fully saturated rings. The molecule has 8 heteroatoms. The van der Waals surface area contributed by atoms with Crippen LogP contribution in [0.2, 0.25) is 5.02 Å². The van der Waals surface area contributed by atoms with Gasteiger partial charge < -0.3 is 5.32 Å². The first kappa shape index (κ1) is 15.4. The van der Waals surface area contributed by atoms with Crippen LogP contribution < -0.4 is 5.32 Å². The van der Waals surface area contributed by atoms with Gasteiger partial charge >= 0.3 is 6.18 Å². The summed E-state index contributed by atoms with van der Waals surface area (Å²) >= 11 is 5.76. The van der Waals surface area contributed by atoms with Gasteiger partial charge in [0.15, 0.2) is 5.69 Å². The third kappa shape index (κ3) is 4.22. The Balaban J connectivity index is 1.87. The molecule has 0 aliphatic heterocycles. The van der Waals surface area contributed by atoms with Gasteiger partial charge in [0, 0.05) is 23.3 Å². The molecule has 21 heavy (non-hydrogen) atoms. The van der Waals surface area contributed by atoms with E-state index in [1.54, 1.807) is 18.2 Å². The number of carbonyl (C=O) groups excluding carboxylic acids is 1. The van der Waals surface area contributed by atoms with E-state index in [1.165, 1.54) is 12.3 Å². The first-order chi connectivity index (χ1) is 9.86. The lowest BCUT2D eigenvalue weighted by molar-refractivity contribution is -0.141. The van der Waals surface area contributed by atoms with Crippen LogP contribution in [0.5, 0.6) is 0 Å². The van der Waals surface area contributed by atoms with Gasteiger partial charge in [-0.15, -0.1) is 0 Å². The smallest absolute Gasteiger partial charge is 0.350 e. The fourth-order valence-corrected chi connectivity index (χ4v) is 1.84. The number of amides is 1. The largest absolute Gasteiger partial charge is 0.435 e. The standard InChI is InChI=1S/C13H11ClF3N3O/c14-10-3-1-2-9(8-10)12(21)18-5-7-20-6-4-11(19-20)13(15,16)17/h1-4,6,8H,5,7H2,(H,18,21). The number of hydrogen-bond donors (Lipinski definition) is 1. The van der Waals surface area contributed by atoms with Crippen molar-refractivity contribution in [3.05, 3.63) is 52.8 Å². The van der Waals surface area contributed by atoms with Gasteiger partial charge in [0.1, 0.15) is 0 Å². The number of rotatable bonds is 4. The maximum atomic E-state index is 12.4. The van der Waals surface area contributed by atoms with Crippen LogP contribution in [0, 0.1) is 0 Å². The predicted octanol–water partition coefficient (Wildman–Crippen LogP) is 2.99. The van der Waals surface area contributed by atoms with E-state index in [4.69, 9.17) is 11.6 Å². The highest BCUT2D eigenvalue weighted by atomic mass is 35.5. The molecule has 0 spiro atoms. The van der Waals surface area contributed by atoms with E-state index in [0.717, 1.165) is 10.7 Å². The van der Waals surface area contributed by atoms with Gasteiger partial charge in [0.2, 0.25) is 0 Å². The SMILES string of the molecule is O=C(NCCn1ccc(C(F)(F)F)n1)c1cccc(Cl)c1. The fourth-order valence-electron chi connectivity index (χ4n) is 1.65. The summed E-state index contributed by atoms with van der Waals surface area (Å²) in [5.41, 5.74) is -0.567. The van der Waals surface area contributed by atoms with Crippen LogP contribution in [-0.2, 0) is 12.7 Å². The van der Waals surface area contributed by atoms with E-state index >= 15 is 0 Å². The first-order valence-corrected chi connectivity index (χ1v) is 6.38. The van der Waals surface area contributed by atoms with Gasteiger partial charge in [-0.05, 0) is 24.3 Å². The topological polar surface area (TPSA) is 46.9 Å². The van der Waals surface area contributed by atoms with E-state index < -0.39 is 11.9 Å². The van der Waals surface area contributed by atoms with Crippen LogP contribution in [0.15, 0.2) is 36.5 Å². The highest BCUT2D eigenvalue weighted by Crippen LogP contribution is 2.27. The number of carbonyl (C=O) groups is 1. The normalized spacial score (nSPS) is 11.4. The van der Waals surface area contributed by atoms with Gasteiger partial charge in [-0.25, -0.2) is 0 Å². The number of aromatic nitrogens is 2.